The second-order valence-corrected chi connectivity index (χ2v) is 0.950. The Hall–Kier alpha value is -0.290. The van der Waals surface area contributed by atoms with Gasteiger partial charge in [0.2, 0.25) is 0 Å². The van der Waals surface area contributed by atoms with Crippen LogP contribution in [0.15, 0.2) is 0 Å². The Morgan fingerprint density at radius 3 is 1.86 bits per heavy atom. The van der Waals surface area contributed by atoms with Gasteiger partial charge >= 0.3 is 6.18 Å². The first-order valence-electron chi connectivity index (χ1n) is 1.50. The average Bonchev–Trinajstić information content (AvgIpc) is 1.30. The van der Waals surface area contributed by atoms with Crippen molar-refractivity contribution in [3.05, 3.63) is 0 Å². The number of hydrogen-bond acceptors (Lipinski definition) is 2. The van der Waals surface area contributed by atoms with Crippen molar-refractivity contribution >= 4 is 0 Å². The van der Waals surface area contributed by atoms with Crippen LogP contribution in [0.25, 0.3) is 0 Å². The maximum absolute atomic E-state index is 10.8. The first-order valence-corrected chi connectivity index (χ1v) is 1.50. The lowest BCUT2D eigenvalue weighted by Crippen LogP contribution is -2.25. The summed E-state index contributed by atoms with van der Waals surface area (Å²) in [5.74, 6) is 0. The standard InChI is InChI=1S/C2H4F3NO/c3-2(4,5)1-6-7/h6-7H,1H2. The smallest absolute Gasteiger partial charge is 0.316 e. The highest BCUT2D eigenvalue weighted by molar-refractivity contribution is 4.46. The van der Waals surface area contributed by atoms with E-state index < -0.39 is 12.7 Å². The zero-order chi connectivity index (χ0) is 5.91. The van der Waals surface area contributed by atoms with Crippen LogP contribution >= 0.6 is 0 Å². The summed E-state index contributed by atoms with van der Waals surface area (Å²) in [4.78, 5) is 0. The van der Waals surface area contributed by atoms with Crippen molar-refractivity contribution in [1.29, 1.82) is 0 Å². The highest BCUT2D eigenvalue weighted by Crippen LogP contribution is 2.11. The number of halogens is 3. The van der Waals surface area contributed by atoms with E-state index in [1.807, 2.05) is 0 Å². The summed E-state index contributed by atoms with van der Waals surface area (Å²) >= 11 is 0. The van der Waals surface area contributed by atoms with Crippen LogP contribution in [0.4, 0.5) is 13.2 Å². The van der Waals surface area contributed by atoms with E-state index >= 15 is 0 Å². The molecule has 0 aliphatic heterocycles. The van der Waals surface area contributed by atoms with Gasteiger partial charge in [-0.1, -0.05) is 0 Å². The van der Waals surface area contributed by atoms with Crippen molar-refractivity contribution in [2.24, 2.45) is 0 Å². The van der Waals surface area contributed by atoms with Crippen molar-refractivity contribution in [3.8, 4) is 0 Å². The lowest BCUT2D eigenvalue weighted by molar-refractivity contribution is -0.140. The SMILES string of the molecule is ONCC(F)(F)F. The Kier molecular flexibility index (Phi) is 2.04. The lowest BCUT2D eigenvalue weighted by atomic mass is 10.7. The zero-order valence-electron chi connectivity index (χ0n) is 3.29. The van der Waals surface area contributed by atoms with Gasteiger partial charge in [0.15, 0.2) is 0 Å². The summed E-state index contributed by atoms with van der Waals surface area (Å²) in [6.45, 7) is -1.35. The number of nitrogens with one attached hydrogen (secondary N) is 1. The van der Waals surface area contributed by atoms with E-state index in [1.54, 1.807) is 0 Å². The Balaban J connectivity index is 3.15. The number of hydroxylamine groups is 1. The van der Waals surface area contributed by atoms with E-state index in [0.717, 1.165) is 5.48 Å². The van der Waals surface area contributed by atoms with Crippen LogP contribution in [0.2, 0.25) is 0 Å². The third-order valence-corrected chi connectivity index (χ3v) is 0.280. The summed E-state index contributed by atoms with van der Waals surface area (Å²) < 4.78 is 32.5. The summed E-state index contributed by atoms with van der Waals surface area (Å²) in [6.07, 6.45) is -4.31. The third kappa shape index (κ3) is 5.71. The molecular weight excluding hydrogens is 111 g/mol. The molecule has 0 radical (unpaired) electrons. The summed E-state index contributed by atoms with van der Waals surface area (Å²) in [6, 6.07) is 0. The molecule has 0 atom stereocenters. The normalized spacial score (nSPS) is 12.0. The van der Waals surface area contributed by atoms with Crippen molar-refractivity contribution in [2.45, 2.75) is 6.18 Å². The van der Waals surface area contributed by atoms with Gasteiger partial charge in [-0.15, -0.1) is 0 Å². The molecule has 0 aliphatic rings. The number of hydrogen-bond donors (Lipinski definition) is 2. The molecule has 0 unspecified atom stereocenters. The monoisotopic (exact) mass is 115 g/mol. The minimum absolute atomic E-state index is 0.983. The molecule has 0 aromatic carbocycles. The van der Waals surface area contributed by atoms with E-state index in [-0.39, 0.29) is 0 Å². The topological polar surface area (TPSA) is 32.3 Å². The highest BCUT2D eigenvalue weighted by Gasteiger charge is 2.25. The first kappa shape index (κ1) is 6.71. The summed E-state index contributed by atoms with van der Waals surface area (Å²) in [7, 11) is 0. The molecule has 0 fully saturated rings. The molecule has 0 aromatic heterocycles. The Bertz CT molecular complexity index is 51.4. The molecule has 44 valence electrons. The lowest BCUT2D eigenvalue weighted by Gasteiger charge is -2.00. The van der Waals surface area contributed by atoms with Crippen molar-refractivity contribution in [1.82, 2.24) is 5.48 Å². The summed E-state index contributed by atoms with van der Waals surface area (Å²) in [5.41, 5.74) is 0.983. The van der Waals surface area contributed by atoms with Gasteiger partial charge in [-0.05, 0) is 0 Å². The van der Waals surface area contributed by atoms with E-state index in [0.29, 0.717) is 0 Å². The molecule has 2 nitrogen and oxygen atoms in total. The van der Waals surface area contributed by atoms with Gasteiger partial charge in [0.05, 0.1) is 0 Å². The second-order valence-electron chi connectivity index (χ2n) is 0.950. The second kappa shape index (κ2) is 2.13. The minimum Gasteiger partial charge on any atom is -0.316 e. The number of alkyl halides is 3. The van der Waals surface area contributed by atoms with Gasteiger partial charge in [0, 0.05) is 0 Å². The molecule has 0 aromatic rings. The Morgan fingerprint density at radius 2 is 1.86 bits per heavy atom. The maximum Gasteiger partial charge on any atom is 0.403 e. The van der Waals surface area contributed by atoms with E-state index in [1.165, 1.54) is 0 Å². The maximum atomic E-state index is 10.8. The van der Waals surface area contributed by atoms with Gasteiger partial charge in [-0.3, -0.25) is 0 Å². The van der Waals surface area contributed by atoms with Crippen LogP contribution in [-0.2, 0) is 0 Å². The first-order chi connectivity index (χ1) is 3.06. The van der Waals surface area contributed by atoms with Crippen molar-refractivity contribution < 1.29 is 18.4 Å². The van der Waals surface area contributed by atoms with Crippen LogP contribution in [0, 0.1) is 0 Å². The van der Waals surface area contributed by atoms with Crippen molar-refractivity contribution in [2.75, 3.05) is 6.54 Å². The van der Waals surface area contributed by atoms with Crippen LogP contribution in [-0.4, -0.2) is 17.9 Å². The molecule has 0 saturated heterocycles. The van der Waals surface area contributed by atoms with Gasteiger partial charge in [-0.2, -0.15) is 18.7 Å². The molecule has 0 rings (SSSR count). The average molecular weight is 115 g/mol. The van der Waals surface area contributed by atoms with Crippen molar-refractivity contribution in [3.63, 3.8) is 0 Å². The van der Waals surface area contributed by atoms with Crippen LogP contribution in [0.1, 0.15) is 0 Å². The predicted octanol–water partition coefficient (Wildman–Crippen LogP) is 0.528. The van der Waals surface area contributed by atoms with Crippen LogP contribution in [0.3, 0.4) is 0 Å². The van der Waals surface area contributed by atoms with Crippen LogP contribution in [0.5, 0.6) is 0 Å². The molecular formula is C2H4F3NO. The Labute approximate surface area is 37.9 Å². The molecule has 0 saturated carbocycles. The van der Waals surface area contributed by atoms with Gasteiger partial charge in [0.25, 0.3) is 0 Å². The zero-order valence-corrected chi connectivity index (χ0v) is 3.29. The van der Waals surface area contributed by atoms with E-state index in [2.05, 4.69) is 0 Å². The third-order valence-electron chi connectivity index (χ3n) is 0.280. The summed E-state index contributed by atoms with van der Waals surface area (Å²) in [5, 5.41) is 7.43. The fraction of sp³-hybridized carbons (Fsp3) is 1.00. The van der Waals surface area contributed by atoms with E-state index in [4.69, 9.17) is 5.21 Å². The molecule has 0 amide bonds. The quantitative estimate of drug-likeness (QED) is 0.488. The minimum atomic E-state index is -4.31. The molecule has 2 N–H and O–H groups in total. The molecule has 0 heterocycles. The largest absolute Gasteiger partial charge is 0.403 e. The highest BCUT2D eigenvalue weighted by atomic mass is 19.4. The molecule has 0 spiro atoms. The van der Waals surface area contributed by atoms with E-state index in [9.17, 15) is 13.2 Å². The molecule has 0 bridgehead atoms. The Morgan fingerprint density at radius 1 is 1.43 bits per heavy atom. The predicted molar refractivity (Wildman–Crippen MR) is 15.8 cm³/mol. The molecule has 7 heavy (non-hydrogen) atoms. The van der Waals surface area contributed by atoms with Gasteiger partial charge < -0.3 is 5.21 Å². The fourth-order valence-electron chi connectivity index (χ4n) is 0.0896. The van der Waals surface area contributed by atoms with Gasteiger partial charge in [0.1, 0.15) is 6.54 Å². The molecule has 5 heteroatoms. The number of rotatable bonds is 1. The van der Waals surface area contributed by atoms with Gasteiger partial charge in [-0.25, -0.2) is 0 Å². The molecule has 0 aliphatic carbocycles. The van der Waals surface area contributed by atoms with Crippen LogP contribution < -0.4 is 5.48 Å². The fourth-order valence-corrected chi connectivity index (χ4v) is 0.0896.